The highest BCUT2D eigenvalue weighted by molar-refractivity contribution is 5.99. The van der Waals surface area contributed by atoms with E-state index in [0.29, 0.717) is 18.0 Å². The lowest BCUT2D eigenvalue weighted by Gasteiger charge is -2.35. The molecule has 8 heteroatoms. The number of piperazine rings is 1. The predicted octanol–water partition coefficient (Wildman–Crippen LogP) is 2.71. The maximum absolute atomic E-state index is 14.1. The van der Waals surface area contributed by atoms with Crippen molar-refractivity contribution < 1.29 is 19.1 Å². The molecule has 0 spiro atoms. The van der Waals surface area contributed by atoms with Crippen LogP contribution in [0.1, 0.15) is 62.2 Å². The van der Waals surface area contributed by atoms with Crippen LogP contribution in [0.2, 0.25) is 0 Å². The highest BCUT2D eigenvalue weighted by Gasteiger charge is 2.56. The third-order valence-electron chi connectivity index (χ3n) is 9.72. The summed E-state index contributed by atoms with van der Waals surface area (Å²) in [7, 11) is 0. The van der Waals surface area contributed by atoms with Crippen LogP contribution in [-0.2, 0) is 14.3 Å². The average molecular weight is 523 g/mol. The molecule has 3 saturated heterocycles. The first-order valence-electron chi connectivity index (χ1n) is 14.9. The number of Topliss-reactive ketones (excluding diaryl/α,β-unsaturated/α-hetero) is 1. The third-order valence-corrected chi connectivity index (χ3v) is 9.72. The van der Waals surface area contributed by atoms with Crippen molar-refractivity contribution in [3.63, 3.8) is 0 Å². The Morgan fingerprint density at radius 3 is 2.37 bits per heavy atom. The van der Waals surface area contributed by atoms with Gasteiger partial charge >= 0.3 is 0 Å². The van der Waals surface area contributed by atoms with E-state index in [2.05, 4.69) is 22.0 Å². The fraction of sp³-hybridized carbons (Fsp3) is 0.700. The summed E-state index contributed by atoms with van der Waals surface area (Å²) in [4.78, 5) is 46.9. The molecule has 4 atom stereocenters. The quantitative estimate of drug-likeness (QED) is 0.593. The monoisotopic (exact) mass is 522 g/mol. The minimum Gasteiger partial charge on any atom is -0.369 e. The van der Waals surface area contributed by atoms with E-state index in [1.165, 1.54) is 6.42 Å². The molecule has 5 aliphatic rings. The number of hydrogen-bond donors (Lipinski definition) is 1. The van der Waals surface area contributed by atoms with Gasteiger partial charge in [-0.15, -0.1) is 0 Å². The number of nitrogens with one attached hydrogen (secondary N) is 1. The molecule has 0 bridgehead atoms. The van der Waals surface area contributed by atoms with Gasteiger partial charge < -0.3 is 24.8 Å². The fourth-order valence-electron chi connectivity index (χ4n) is 7.26. The number of amides is 2. The lowest BCUT2D eigenvalue weighted by molar-refractivity contribution is -0.139. The molecule has 2 aliphatic carbocycles. The molecule has 0 radical (unpaired) electrons. The van der Waals surface area contributed by atoms with Crippen molar-refractivity contribution in [3.8, 4) is 0 Å². The Kier molecular flexibility index (Phi) is 7.45. The number of rotatable bonds is 7. The van der Waals surface area contributed by atoms with Gasteiger partial charge in [0.15, 0.2) is 5.78 Å². The van der Waals surface area contributed by atoms with Crippen LogP contribution >= 0.6 is 0 Å². The molecular weight excluding hydrogens is 480 g/mol. The summed E-state index contributed by atoms with van der Waals surface area (Å²) < 4.78 is 5.90. The highest BCUT2D eigenvalue weighted by atomic mass is 16.5. The Balaban J connectivity index is 1.17. The van der Waals surface area contributed by atoms with Gasteiger partial charge in [-0.3, -0.25) is 14.4 Å². The number of hydrogen-bond acceptors (Lipinski definition) is 6. The number of nitrogens with zero attached hydrogens (tertiary/aromatic N) is 3. The Morgan fingerprint density at radius 1 is 1.00 bits per heavy atom. The summed E-state index contributed by atoms with van der Waals surface area (Å²) in [6, 6.07) is 6.72. The lowest BCUT2D eigenvalue weighted by Crippen LogP contribution is -2.55. The van der Waals surface area contributed by atoms with Gasteiger partial charge in [0.1, 0.15) is 18.7 Å². The zero-order valence-electron chi connectivity index (χ0n) is 22.6. The van der Waals surface area contributed by atoms with Crippen LogP contribution in [-0.4, -0.2) is 91.5 Å². The fourth-order valence-corrected chi connectivity index (χ4v) is 7.26. The molecule has 8 nitrogen and oxygen atoms in total. The molecular formula is C30H42N4O4. The van der Waals surface area contributed by atoms with E-state index in [9.17, 15) is 14.4 Å². The van der Waals surface area contributed by atoms with Crippen molar-refractivity contribution in [1.29, 1.82) is 0 Å². The topological polar surface area (TPSA) is 82.2 Å². The molecule has 3 aliphatic heterocycles. The maximum Gasteiger partial charge on any atom is 0.251 e. The molecule has 1 N–H and O–H groups in total. The molecule has 206 valence electrons. The molecule has 0 aromatic heterocycles. The van der Waals surface area contributed by atoms with Gasteiger partial charge in [-0.25, -0.2) is 0 Å². The molecule has 2 saturated carbocycles. The Bertz CT molecular complexity index is 1030. The van der Waals surface area contributed by atoms with E-state index in [0.717, 1.165) is 76.9 Å². The second-order valence-corrected chi connectivity index (χ2v) is 12.0. The second-order valence-electron chi connectivity index (χ2n) is 12.0. The molecule has 6 rings (SSSR count). The van der Waals surface area contributed by atoms with Gasteiger partial charge in [0.05, 0.1) is 6.10 Å². The number of likely N-dealkylation sites (tertiary alicyclic amines) is 1. The van der Waals surface area contributed by atoms with Crippen LogP contribution in [0.3, 0.4) is 0 Å². The van der Waals surface area contributed by atoms with Gasteiger partial charge in [-0.05, 0) is 68.3 Å². The van der Waals surface area contributed by atoms with E-state index in [4.69, 9.17) is 4.74 Å². The van der Waals surface area contributed by atoms with Crippen molar-refractivity contribution in [3.05, 3.63) is 29.8 Å². The number of fused-ring (bicyclic) bond motifs is 1. The van der Waals surface area contributed by atoms with Crippen molar-refractivity contribution in [1.82, 2.24) is 15.1 Å². The van der Waals surface area contributed by atoms with Crippen LogP contribution in [0.25, 0.3) is 0 Å². The largest absolute Gasteiger partial charge is 0.369 e. The predicted molar refractivity (Wildman–Crippen MR) is 145 cm³/mol. The number of likely N-dealkylation sites (N-methyl/N-ethyl adjacent to an activating group) is 1. The molecule has 38 heavy (non-hydrogen) atoms. The summed E-state index contributed by atoms with van der Waals surface area (Å²) in [6.45, 7) is 8.03. The first kappa shape index (κ1) is 25.8. The van der Waals surface area contributed by atoms with Crippen molar-refractivity contribution in [2.45, 2.75) is 70.1 Å². The first-order valence-corrected chi connectivity index (χ1v) is 14.9. The minimum atomic E-state index is -0.600. The number of anilines is 1. The molecule has 1 aromatic rings. The summed E-state index contributed by atoms with van der Waals surface area (Å²) in [6.07, 6.45) is 7.31. The molecule has 0 unspecified atom stereocenters. The Labute approximate surface area is 226 Å². The average Bonchev–Trinajstić information content (AvgIpc) is 3.64. The van der Waals surface area contributed by atoms with Gasteiger partial charge in [-0.1, -0.05) is 26.2 Å². The lowest BCUT2D eigenvalue weighted by atomic mass is 9.83. The number of ether oxygens (including phenoxy) is 1. The number of ketones is 1. The summed E-state index contributed by atoms with van der Waals surface area (Å²) in [5, 5.41) is 3.14. The van der Waals surface area contributed by atoms with E-state index in [-0.39, 0.29) is 42.1 Å². The maximum atomic E-state index is 14.1. The molecule has 3 heterocycles. The van der Waals surface area contributed by atoms with Crippen LogP contribution in [0.15, 0.2) is 24.3 Å². The standard InChI is InChI=1S/C30H42N4O4/c1-2-32-14-16-33(17-15-32)23-12-10-22(11-13-23)29(36)31-26(21-6-4-3-5-7-21)30(37)34-18-24(20-8-9-20)28-27(34)25(35)19-38-28/h10-13,20-21,24,26-28H,2-9,14-19H2,1H3,(H,31,36)/t24-,26-,27+,28+/m0/s1. The zero-order valence-corrected chi connectivity index (χ0v) is 22.6. The van der Waals surface area contributed by atoms with E-state index < -0.39 is 12.1 Å². The molecule has 5 fully saturated rings. The first-order chi connectivity index (χ1) is 18.5. The van der Waals surface area contributed by atoms with Gasteiger partial charge in [-0.2, -0.15) is 0 Å². The smallest absolute Gasteiger partial charge is 0.251 e. The zero-order chi connectivity index (χ0) is 26.2. The number of benzene rings is 1. The molecule has 1 aromatic carbocycles. The van der Waals surface area contributed by atoms with Gasteiger partial charge in [0, 0.05) is 49.9 Å². The minimum absolute atomic E-state index is 0.00980. The van der Waals surface area contributed by atoms with E-state index in [1.54, 1.807) is 4.90 Å². The van der Waals surface area contributed by atoms with Gasteiger partial charge in [0.25, 0.3) is 5.91 Å². The summed E-state index contributed by atoms with van der Waals surface area (Å²) >= 11 is 0. The number of carbonyl (C=O) groups is 3. The second kappa shape index (κ2) is 11.0. The summed E-state index contributed by atoms with van der Waals surface area (Å²) in [5.74, 6) is 0.607. The third kappa shape index (κ3) is 5.09. The van der Waals surface area contributed by atoms with Crippen LogP contribution in [0, 0.1) is 17.8 Å². The number of carbonyl (C=O) groups excluding carboxylic acids is 3. The van der Waals surface area contributed by atoms with Crippen LogP contribution in [0.5, 0.6) is 0 Å². The van der Waals surface area contributed by atoms with E-state index in [1.807, 2.05) is 24.3 Å². The molecule has 2 amide bonds. The van der Waals surface area contributed by atoms with Crippen molar-refractivity contribution in [2.75, 3.05) is 50.8 Å². The van der Waals surface area contributed by atoms with Crippen LogP contribution in [0.4, 0.5) is 5.69 Å². The Hall–Kier alpha value is -2.45. The summed E-state index contributed by atoms with van der Waals surface area (Å²) in [5.41, 5.74) is 1.70. The van der Waals surface area contributed by atoms with Crippen LogP contribution < -0.4 is 10.2 Å². The highest BCUT2D eigenvalue weighted by Crippen LogP contribution is 2.46. The van der Waals surface area contributed by atoms with Gasteiger partial charge in [0.2, 0.25) is 5.91 Å². The SMILES string of the molecule is CCN1CCN(c2ccc(C(=O)N[C@H](C(=O)N3C[C@@H](C4CC4)[C@H]4OCC(=O)[C@H]43)C3CCCCC3)cc2)CC1. The Morgan fingerprint density at radius 2 is 1.71 bits per heavy atom. The normalized spacial score (nSPS) is 29.4. The van der Waals surface area contributed by atoms with Crippen molar-refractivity contribution in [2.24, 2.45) is 17.8 Å². The van der Waals surface area contributed by atoms with E-state index >= 15 is 0 Å². The van der Waals surface area contributed by atoms with Crippen molar-refractivity contribution >= 4 is 23.3 Å².